The van der Waals surface area contributed by atoms with E-state index in [-0.39, 0.29) is 5.91 Å². The second-order valence-corrected chi connectivity index (χ2v) is 5.53. The Bertz CT molecular complexity index is 671. The number of nitrogens with one attached hydrogen (secondary N) is 1. The lowest BCUT2D eigenvalue weighted by Crippen LogP contribution is -2.17. The maximum atomic E-state index is 12.4. The molecule has 0 unspecified atom stereocenters. The highest BCUT2D eigenvalue weighted by Gasteiger charge is 2.13. The molecule has 0 heterocycles. The predicted molar refractivity (Wildman–Crippen MR) is 90.9 cm³/mol. The first-order valence-electron chi connectivity index (χ1n) is 6.88. The minimum absolute atomic E-state index is 0.177. The van der Waals surface area contributed by atoms with Crippen LogP contribution in [-0.4, -0.2) is 27.1 Å². The molecule has 0 radical (unpaired) electrons. The van der Waals surface area contributed by atoms with Gasteiger partial charge in [-0.25, -0.2) is 0 Å². The molecule has 2 aromatic carbocycles. The Morgan fingerprint density at radius 2 is 1.95 bits per heavy atom. The average molecular weight is 319 g/mol. The Kier molecular flexibility index (Phi) is 5.41. The Hall–Kier alpha value is -2.04. The molecule has 116 valence electrons. The standard InChI is InChI=1S/C17H19ClN2O2/c1-20(2)16-14(18)8-5-9-15(16)19-17(21)13-7-4-6-12(10-13)11-22-3/h4-10H,11H2,1-3H3,(H,19,21). The van der Waals surface area contributed by atoms with E-state index in [0.717, 1.165) is 11.3 Å². The second kappa shape index (κ2) is 7.29. The lowest BCUT2D eigenvalue weighted by atomic mass is 10.1. The number of rotatable bonds is 5. The number of hydrogen-bond acceptors (Lipinski definition) is 3. The number of ether oxygens (including phenoxy) is 1. The first-order valence-corrected chi connectivity index (χ1v) is 7.25. The Morgan fingerprint density at radius 3 is 2.64 bits per heavy atom. The van der Waals surface area contributed by atoms with Crippen LogP contribution in [0.5, 0.6) is 0 Å². The summed E-state index contributed by atoms with van der Waals surface area (Å²) < 4.78 is 5.09. The monoisotopic (exact) mass is 318 g/mol. The van der Waals surface area contributed by atoms with Crippen LogP contribution in [0.15, 0.2) is 42.5 Å². The highest BCUT2D eigenvalue weighted by atomic mass is 35.5. The lowest BCUT2D eigenvalue weighted by molar-refractivity contribution is 0.102. The molecule has 22 heavy (non-hydrogen) atoms. The summed E-state index contributed by atoms with van der Waals surface area (Å²) in [5.74, 6) is -0.177. The van der Waals surface area contributed by atoms with E-state index in [1.165, 1.54) is 0 Å². The fourth-order valence-electron chi connectivity index (χ4n) is 2.23. The zero-order valence-electron chi connectivity index (χ0n) is 12.9. The Labute approximate surface area is 135 Å². The molecule has 0 atom stereocenters. The molecule has 0 aliphatic heterocycles. The second-order valence-electron chi connectivity index (χ2n) is 5.12. The molecule has 0 aliphatic rings. The zero-order valence-corrected chi connectivity index (χ0v) is 13.6. The van der Waals surface area contributed by atoms with Crippen molar-refractivity contribution in [1.82, 2.24) is 0 Å². The summed E-state index contributed by atoms with van der Waals surface area (Å²) in [5, 5.41) is 3.51. The van der Waals surface area contributed by atoms with E-state index in [1.54, 1.807) is 19.2 Å². The van der Waals surface area contributed by atoms with Gasteiger partial charge in [-0.1, -0.05) is 29.8 Å². The molecule has 0 aliphatic carbocycles. The average Bonchev–Trinajstić information content (AvgIpc) is 2.47. The van der Waals surface area contributed by atoms with Crippen molar-refractivity contribution in [1.29, 1.82) is 0 Å². The summed E-state index contributed by atoms with van der Waals surface area (Å²) >= 11 is 6.21. The van der Waals surface area contributed by atoms with Gasteiger partial charge in [0.1, 0.15) is 0 Å². The van der Waals surface area contributed by atoms with E-state index in [0.29, 0.717) is 22.9 Å². The number of benzene rings is 2. The van der Waals surface area contributed by atoms with Crippen LogP contribution < -0.4 is 10.2 Å². The Balaban J connectivity index is 2.26. The SMILES string of the molecule is COCc1cccc(C(=O)Nc2cccc(Cl)c2N(C)C)c1. The van der Waals surface area contributed by atoms with Gasteiger partial charge < -0.3 is 15.0 Å². The molecule has 0 aromatic heterocycles. The molecule has 0 saturated heterocycles. The quantitative estimate of drug-likeness (QED) is 0.911. The van der Waals surface area contributed by atoms with Crippen LogP contribution in [0.2, 0.25) is 5.02 Å². The van der Waals surface area contributed by atoms with Gasteiger partial charge in [0.15, 0.2) is 0 Å². The van der Waals surface area contributed by atoms with Gasteiger partial charge in [0, 0.05) is 26.8 Å². The Morgan fingerprint density at radius 1 is 1.23 bits per heavy atom. The van der Waals surface area contributed by atoms with Crippen molar-refractivity contribution in [3.8, 4) is 0 Å². The maximum Gasteiger partial charge on any atom is 0.255 e. The van der Waals surface area contributed by atoms with E-state index in [2.05, 4.69) is 5.32 Å². The number of para-hydroxylation sites is 1. The number of carbonyl (C=O) groups is 1. The van der Waals surface area contributed by atoms with Gasteiger partial charge in [0.05, 0.1) is 23.0 Å². The maximum absolute atomic E-state index is 12.4. The number of hydrogen-bond donors (Lipinski definition) is 1. The molecular weight excluding hydrogens is 300 g/mol. The molecule has 4 nitrogen and oxygen atoms in total. The third-order valence-corrected chi connectivity index (χ3v) is 3.49. The zero-order chi connectivity index (χ0) is 16.1. The van der Waals surface area contributed by atoms with Crippen molar-refractivity contribution in [2.45, 2.75) is 6.61 Å². The summed E-state index contributed by atoms with van der Waals surface area (Å²) in [4.78, 5) is 14.3. The molecule has 0 fully saturated rings. The van der Waals surface area contributed by atoms with Gasteiger partial charge in [0.25, 0.3) is 5.91 Å². The number of carbonyl (C=O) groups excluding carboxylic acids is 1. The van der Waals surface area contributed by atoms with E-state index < -0.39 is 0 Å². The third kappa shape index (κ3) is 3.78. The molecule has 0 spiro atoms. The van der Waals surface area contributed by atoms with Gasteiger partial charge in [0.2, 0.25) is 0 Å². The number of nitrogens with zero attached hydrogens (tertiary/aromatic N) is 1. The molecule has 2 rings (SSSR count). The molecular formula is C17H19ClN2O2. The number of halogens is 1. The molecule has 5 heteroatoms. The minimum Gasteiger partial charge on any atom is -0.380 e. The summed E-state index contributed by atoms with van der Waals surface area (Å²) in [5.41, 5.74) is 3.00. The number of amides is 1. The van der Waals surface area contributed by atoms with Gasteiger partial charge >= 0.3 is 0 Å². The van der Waals surface area contributed by atoms with Crippen LogP contribution >= 0.6 is 11.6 Å². The summed E-state index contributed by atoms with van der Waals surface area (Å²) in [6.07, 6.45) is 0. The molecule has 2 aromatic rings. The lowest BCUT2D eigenvalue weighted by Gasteiger charge is -2.19. The highest BCUT2D eigenvalue weighted by Crippen LogP contribution is 2.32. The van der Waals surface area contributed by atoms with Crippen LogP contribution in [0.3, 0.4) is 0 Å². The van der Waals surface area contributed by atoms with E-state index in [4.69, 9.17) is 16.3 Å². The molecule has 0 saturated carbocycles. The van der Waals surface area contributed by atoms with Crippen molar-refractivity contribution >= 4 is 28.9 Å². The van der Waals surface area contributed by atoms with Crippen molar-refractivity contribution < 1.29 is 9.53 Å². The molecule has 1 N–H and O–H groups in total. The minimum atomic E-state index is -0.177. The van der Waals surface area contributed by atoms with Gasteiger partial charge in [-0.3, -0.25) is 4.79 Å². The summed E-state index contributed by atoms with van der Waals surface area (Å²) in [6, 6.07) is 12.8. The predicted octanol–water partition coefficient (Wildman–Crippen LogP) is 3.80. The first kappa shape index (κ1) is 16.3. The first-order chi connectivity index (χ1) is 10.5. The molecule has 1 amide bonds. The van der Waals surface area contributed by atoms with E-state index in [1.807, 2.05) is 49.3 Å². The number of methoxy groups -OCH3 is 1. The highest BCUT2D eigenvalue weighted by molar-refractivity contribution is 6.34. The fraction of sp³-hybridized carbons (Fsp3) is 0.235. The van der Waals surface area contributed by atoms with Crippen LogP contribution in [-0.2, 0) is 11.3 Å². The topological polar surface area (TPSA) is 41.6 Å². The van der Waals surface area contributed by atoms with Crippen LogP contribution in [0.25, 0.3) is 0 Å². The van der Waals surface area contributed by atoms with Crippen molar-refractivity contribution in [2.75, 3.05) is 31.4 Å². The smallest absolute Gasteiger partial charge is 0.255 e. The van der Waals surface area contributed by atoms with Gasteiger partial charge in [-0.15, -0.1) is 0 Å². The summed E-state index contributed by atoms with van der Waals surface area (Å²) in [7, 11) is 5.40. The van der Waals surface area contributed by atoms with Gasteiger partial charge in [-0.2, -0.15) is 0 Å². The third-order valence-electron chi connectivity index (χ3n) is 3.18. The van der Waals surface area contributed by atoms with E-state index >= 15 is 0 Å². The summed E-state index contributed by atoms with van der Waals surface area (Å²) in [6.45, 7) is 0.473. The fourth-order valence-corrected chi connectivity index (χ4v) is 2.58. The largest absolute Gasteiger partial charge is 0.380 e. The van der Waals surface area contributed by atoms with Crippen molar-refractivity contribution in [3.05, 3.63) is 58.6 Å². The van der Waals surface area contributed by atoms with Crippen molar-refractivity contribution in [2.24, 2.45) is 0 Å². The van der Waals surface area contributed by atoms with Crippen LogP contribution in [0.1, 0.15) is 15.9 Å². The molecule has 0 bridgehead atoms. The van der Waals surface area contributed by atoms with Crippen LogP contribution in [0, 0.1) is 0 Å². The van der Waals surface area contributed by atoms with Crippen molar-refractivity contribution in [3.63, 3.8) is 0 Å². The normalized spacial score (nSPS) is 10.4. The number of anilines is 2. The van der Waals surface area contributed by atoms with Gasteiger partial charge in [-0.05, 0) is 29.8 Å². The van der Waals surface area contributed by atoms with E-state index in [9.17, 15) is 4.79 Å². The van der Waals surface area contributed by atoms with Crippen LogP contribution in [0.4, 0.5) is 11.4 Å².